The number of hydrogen-bond donors (Lipinski definition) is 0. The largest absolute Gasteiger partial charge is 0.217 e. The summed E-state index contributed by atoms with van der Waals surface area (Å²) in [6.07, 6.45) is 2.22. The highest BCUT2D eigenvalue weighted by molar-refractivity contribution is 5.95. The van der Waals surface area contributed by atoms with Crippen LogP contribution in [0.2, 0.25) is 0 Å². The zero-order valence-corrected chi connectivity index (χ0v) is 22.3. The third kappa shape index (κ3) is 4.46. The minimum absolute atomic E-state index is 0.166. The summed E-state index contributed by atoms with van der Waals surface area (Å²) in [4.78, 5) is 14.8. The van der Waals surface area contributed by atoms with Crippen LogP contribution in [-0.4, -0.2) is 15.0 Å². The molecule has 176 valence electrons. The van der Waals surface area contributed by atoms with E-state index in [0.717, 1.165) is 28.4 Å². The molecule has 4 aromatic rings. The molecule has 0 fully saturated rings. The van der Waals surface area contributed by atoms with Crippen molar-refractivity contribution in [1.82, 2.24) is 15.0 Å². The van der Waals surface area contributed by atoms with Crippen molar-refractivity contribution in [2.75, 3.05) is 0 Å². The topological polar surface area (TPSA) is 42.6 Å². The maximum atomic E-state index is 4.95. The van der Waals surface area contributed by atoms with Crippen molar-refractivity contribution in [2.45, 2.75) is 73.1 Å². The van der Waals surface area contributed by atoms with E-state index in [1.165, 1.54) is 33.3 Å². The molecule has 2 heterocycles. The van der Waals surface area contributed by atoms with Crippen molar-refractivity contribution in [1.29, 1.82) is 0 Å². The van der Waals surface area contributed by atoms with E-state index in [4.69, 9.17) is 15.0 Å². The van der Waals surface area contributed by atoms with Crippen LogP contribution in [0.25, 0.3) is 33.4 Å². The fourth-order valence-electron chi connectivity index (χ4n) is 4.30. The SMILES string of the molecule is Cc1cc(C)c(C)c(-c2cc3cccc(-c4nc(C(C)(C)C)nc(C(C)(C)C)n4)c3c[n+]2C)c1. The van der Waals surface area contributed by atoms with Crippen molar-refractivity contribution < 1.29 is 4.57 Å². The molecule has 4 heteroatoms. The van der Waals surface area contributed by atoms with Crippen molar-refractivity contribution >= 4 is 10.8 Å². The van der Waals surface area contributed by atoms with Crippen LogP contribution in [0.4, 0.5) is 0 Å². The van der Waals surface area contributed by atoms with Crippen molar-refractivity contribution in [3.63, 3.8) is 0 Å². The Morgan fingerprint density at radius 1 is 0.735 bits per heavy atom. The average Bonchev–Trinajstić information content (AvgIpc) is 2.74. The Bertz CT molecular complexity index is 1370. The van der Waals surface area contributed by atoms with Crippen LogP contribution < -0.4 is 4.57 Å². The monoisotopic (exact) mass is 453 g/mol. The van der Waals surface area contributed by atoms with Crippen LogP contribution in [-0.2, 0) is 17.9 Å². The first kappa shape index (κ1) is 24.0. The molecule has 0 saturated carbocycles. The lowest BCUT2D eigenvalue weighted by Crippen LogP contribution is -2.31. The Hall–Kier alpha value is -3.14. The van der Waals surface area contributed by atoms with E-state index < -0.39 is 0 Å². The summed E-state index contributed by atoms with van der Waals surface area (Å²) in [5.41, 5.74) is 7.10. The Labute approximate surface area is 204 Å². The number of aryl methyl sites for hydroxylation is 3. The molecule has 2 aromatic heterocycles. The predicted octanol–water partition coefficient (Wildman–Crippen LogP) is 6.70. The first-order valence-corrected chi connectivity index (χ1v) is 12.0. The zero-order chi connectivity index (χ0) is 25.0. The third-order valence-corrected chi connectivity index (χ3v) is 6.44. The normalized spacial score (nSPS) is 12.4. The molecule has 0 amide bonds. The molecule has 34 heavy (non-hydrogen) atoms. The van der Waals surface area contributed by atoms with Crippen LogP contribution in [0.15, 0.2) is 42.6 Å². The van der Waals surface area contributed by atoms with E-state index in [2.05, 4.69) is 117 Å². The molecular formula is C30H37N4+. The van der Waals surface area contributed by atoms with Gasteiger partial charge in [-0.15, -0.1) is 0 Å². The average molecular weight is 454 g/mol. The van der Waals surface area contributed by atoms with Gasteiger partial charge < -0.3 is 0 Å². The van der Waals surface area contributed by atoms with Gasteiger partial charge in [0.05, 0.1) is 5.39 Å². The van der Waals surface area contributed by atoms with Gasteiger partial charge in [-0.05, 0) is 43.4 Å². The summed E-state index contributed by atoms with van der Waals surface area (Å²) in [6, 6.07) is 13.2. The zero-order valence-electron chi connectivity index (χ0n) is 22.3. The van der Waals surface area contributed by atoms with Gasteiger partial charge in [0, 0.05) is 28.0 Å². The van der Waals surface area contributed by atoms with E-state index in [0.29, 0.717) is 0 Å². The fourth-order valence-corrected chi connectivity index (χ4v) is 4.30. The van der Waals surface area contributed by atoms with Crippen LogP contribution in [0.5, 0.6) is 0 Å². The highest BCUT2D eigenvalue weighted by Crippen LogP contribution is 2.32. The highest BCUT2D eigenvalue weighted by Gasteiger charge is 2.26. The molecule has 0 spiro atoms. The number of nitrogens with zero attached hydrogens (tertiary/aromatic N) is 4. The number of rotatable bonds is 2. The summed E-state index contributed by atoms with van der Waals surface area (Å²) >= 11 is 0. The summed E-state index contributed by atoms with van der Waals surface area (Å²) in [5.74, 6) is 2.39. The summed E-state index contributed by atoms with van der Waals surface area (Å²) < 4.78 is 2.23. The Kier molecular flexibility index (Phi) is 5.83. The van der Waals surface area contributed by atoms with E-state index >= 15 is 0 Å². The minimum atomic E-state index is -0.166. The molecule has 4 rings (SSSR count). The number of hydrogen-bond acceptors (Lipinski definition) is 3. The molecular weight excluding hydrogens is 416 g/mol. The minimum Gasteiger partial charge on any atom is -0.217 e. The lowest BCUT2D eigenvalue weighted by molar-refractivity contribution is -0.659. The first-order chi connectivity index (χ1) is 15.8. The summed E-state index contributed by atoms with van der Waals surface area (Å²) in [5, 5.41) is 2.32. The maximum Gasteiger partial charge on any atom is 0.213 e. The molecule has 0 aliphatic rings. The number of benzene rings is 2. The predicted molar refractivity (Wildman–Crippen MR) is 141 cm³/mol. The van der Waals surface area contributed by atoms with Gasteiger partial charge in [0.2, 0.25) is 5.69 Å². The first-order valence-electron chi connectivity index (χ1n) is 12.0. The Balaban J connectivity index is 1.97. The molecule has 0 saturated heterocycles. The van der Waals surface area contributed by atoms with Crippen molar-refractivity contribution in [2.24, 2.45) is 7.05 Å². The van der Waals surface area contributed by atoms with Crippen LogP contribution in [0.3, 0.4) is 0 Å². The molecule has 0 atom stereocenters. The molecule has 4 nitrogen and oxygen atoms in total. The Morgan fingerprint density at radius 2 is 1.35 bits per heavy atom. The molecule has 2 aromatic carbocycles. The number of pyridine rings is 1. The van der Waals surface area contributed by atoms with E-state index in [1.54, 1.807) is 0 Å². The maximum absolute atomic E-state index is 4.95. The molecule has 0 aliphatic carbocycles. The van der Waals surface area contributed by atoms with Crippen LogP contribution >= 0.6 is 0 Å². The second-order valence-corrected chi connectivity index (χ2v) is 11.6. The van der Waals surface area contributed by atoms with Crippen molar-refractivity contribution in [3.05, 3.63) is 70.9 Å². The van der Waals surface area contributed by atoms with Gasteiger partial charge >= 0.3 is 0 Å². The molecule has 0 unspecified atom stereocenters. The summed E-state index contributed by atoms with van der Waals surface area (Å²) in [6.45, 7) is 19.5. The number of aromatic nitrogens is 4. The number of fused-ring (bicyclic) bond motifs is 1. The Morgan fingerprint density at radius 3 is 1.94 bits per heavy atom. The van der Waals surface area contributed by atoms with E-state index in [1.807, 2.05) is 0 Å². The van der Waals surface area contributed by atoms with Gasteiger partial charge in [0.25, 0.3) is 0 Å². The summed E-state index contributed by atoms with van der Waals surface area (Å²) in [7, 11) is 2.12. The van der Waals surface area contributed by atoms with Crippen LogP contribution in [0, 0.1) is 20.8 Å². The molecule has 0 aliphatic heterocycles. The van der Waals surface area contributed by atoms with Crippen molar-refractivity contribution in [3.8, 4) is 22.6 Å². The molecule has 0 N–H and O–H groups in total. The van der Waals surface area contributed by atoms with Gasteiger partial charge in [-0.1, -0.05) is 71.4 Å². The van der Waals surface area contributed by atoms with Crippen LogP contribution in [0.1, 0.15) is 69.9 Å². The quantitative estimate of drug-likeness (QED) is 0.317. The fraction of sp³-hybridized carbons (Fsp3) is 0.400. The van der Waals surface area contributed by atoms with Gasteiger partial charge in [-0.25, -0.2) is 19.5 Å². The van der Waals surface area contributed by atoms with Gasteiger partial charge in [0.15, 0.2) is 12.0 Å². The van der Waals surface area contributed by atoms with E-state index in [-0.39, 0.29) is 10.8 Å². The lowest BCUT2D eigenvalue weighted by Gasteiger charge is -2.23. The lowest BCUT2D eigenvalue weighted by atomic mass is 9.92. The van der Waals surface area contributed by atoms with E-state index in [9.17, 15) is 0 Å². The van der Waals surface area contributed by atoms with Gasteiger partial charge in [-0.3, -0.25) is 0 Å². The second-order valence-electron chi connectivity index (χ2n) is 11.6. The second kappa shape index (κ2) is 8.26. The molecule has 0 radical (unpaired) electrons. The van der Waals surface area contributed by atoms with Gasteiger partial charge in [-0.2, -0.15) is 0 Å². The molecule has 0 bridgehead atoms. The van der Waals surface area contributed by atoms with Gasteiger partial charge in [0.1, 0.15) is 18.7 Å². The highest BCUT2D eigenvalue weighted by atomic mass is 15.1. The smallest absolute Gasteiger partial charge is 0.213 e. The third-order valence-electron chi connectivity index (χ3n) is 6.44. The standard InChI is InChI=1S/C30H37N4/c1-18-14-19(2)20(3)23(15-18)25-16-21-12-11-13-22(24(21)17-34(25)10)26-31-27(29(4,5)6)33-28(32-26)30(7,8)9/h11-17H,1-10H3/q+1.